The molecule has 0 N–H and O–H groups in total. The summed E-state index contributed by atoms with van der Waals surface area (Å²) in [6.07, 6.45) is 0. The Hall–Kier alpha value is -7.23. The summed E-state index contributed by atoms with van der Waals surface area (Å²) in [5.74, 6) is 0.621. The molecule has 0 fully saturated rings. The highest BCUT2D eigenvalue weighted by atomic mass is 16.3. The van der Waals surface area contributed by atoms with Crippen LogP contribution in [0.1, 0.15) is 0 Å². The number of anilines is 3. The van der Waals surface area contributed by atoms with E-state index in [1.54, 1.807) is 0 Å². The Balaban J connectivity index is 1.10. The van der Waals surface area contributed by atoms with Crippen LogP contribution in [0.2, 0.25) is 0 Å². The van der Waals surface area contributed by atoms with E-state index < -0.39 is 0 Å². The number of hydrogen-bond acceptors (Lipinski definition) is 3. The van der Waals surface area contributed by atoms with Gasteiger partial charge in [-0.1, -0.05) is 140 Å². The summed E-state index contributed by atoms with van der Waals surface area (Å²) in [7, 11) is 0. The molecule has 0 saturated heterocycles. The van der Waals surface area contributed by atoms with Gasteiger partial charge in [0, 0.05) is 33.4 Å². The average Bonchev–Trinajstić information content (AvgIpc) is 3.69. The van der Waals surface area contributed by atoms with Gasteiger partial charge < -0.3 is 9.32 Å². The lowest BCUT2D eigenvalue weighted by atomic mass is 9.95. The Kier molecular flexibility index (Phi) is 6.86. The molecule has 0 atom stereocenters. The third kappa shape index (κ3) is 5.02. The molecule has 11 rings (SSSR count). The van der Waals surface area contributed by atoms with E-state index in [4.69, 9.17) is 9.40 Å². The molecule has 0 aliphatic carbocycles. The summed E-state index contributed by atoms with van der Waals surface area (Å²) in [5.41, 5.74) is 8.23. The summed E-state index contributed by atoms with van der Waals surface area (Å²) in [6.45, 7) is 0. The van der Waals surface area contributed by atoms with E-state index in [1.807, 2.05) is 6.07 Å². The van der Waals surface area contributed by atoms with Gasteiger partial charge in [-0.3, -0.25) is 0 Å². The zero-order valence-electron chi connectivity index (χ0n) is 29.3. The van der Waals surface area contributed by atoms with E-state index in [0.29, 0.717) is 5.89 Å². The number of nitrogens with zero attached hydrogens (tertiary/aromatic N) is 2. The van der Waals surface area contributed by atoms with Gasteiger partial charge in [0.1, 0.15) is 5.52 Å². The van der Waals surface area contributed by atoms with E-state index in [1.165, 1.54) is 37.7 Å². The fraction of sp³-hybridized carbons (Fsp3) is 0. The molecule has 10 aromatic carbocycles. The van der Waals surface area contributed by atoms with E-state index in [9.17, 15) is 0 Å². The first-order valence-electron chi connectivity index (χ1n) is 18.4. The highest BCUT2D eigenvalue weighted by Gasteiger charge is 2.18. The second-order valence-electron chi connectivity index (χ2n) is 14.0. The van der Waals surface area contributed by atoms with Crippen LogP contribution in [0, 0.1) is 0 Å². The summed E-state index contributed by atoms with van der Waals surface area (Å²) < 4.78 is 6.74. The van der Waals surface area contributed by atoms with Crippen molar-refractivity contribution in [2.24, 2.45) is 0 Å². The molecule has 252 valence electrons. The number of oxazole rings is 1. The topological polar surface area (TPSA) is 29.3 Å². The van der Waals surface area contributed by atoms with Crippen molar-refractivity contribution in [3.63, 3.8) is 0 Å². The summed E-state index contributed by atoms with van der Waals surface area (Å²) >= 11 is 0. The van der Waals surface area contributed by atoms with Gasteiger partial charge in [0.25, 0.3) is 0 Å². The van der Waals surface area contributed by atoms with Crippen molar-refractivity contribution in [2.75, 3.05) is 4.90 Å². The highest BCUT2D eigenvalue weighted by Crippen LogP contribution is 2.42. The van der Waals surface area contributed by atoms with Crippen molar-refractivity contribution in [1.29, 1.82) is 0 Å². The van der Waals surface area contributed by atoms with Gasteiger partial charge in [-0.25, -0.2) is 4.98 Å². The van der Waals surface area contributed by atoms with Crippen molar-refractivity contribution >= 4 is 82.0 Å². The molecule has 0 amide bonds. The SMILES string of the molecule is c1ccc(-c2cccc(-c3nc4ccc5ccc6ccc7cc(N(c8ccc9ccccc9c8)c8ccc9ccccc9c8)ccc7c6c5c4o3)c2)cc1. The largest absolute Gasteiger partial charge is 0.435 e. The summed E-state index contributed by atoms with van der Waals surface area (Å²) in [5, 5.41) is 11.8. The van der Waals surface area contributed by atoms with Crippen LogP contribution in [0.25, 0.3) is 87.5 Å². The molecule has 0 bridgehead atoms. The van der Waals surface area contributed by atoms with Gasteiger partial charge in [0.15, 0.2) is 5.58 Å². The first kappa shape index (κ1) is 30.4. The van der Waals surface area contributed by atoms with Gasteiger partial charge >= 0.3 is 0 Å². The summed E-state index contributed by atoms with van der Waals surface area (Å²) in [4.78, 5) is 7.40. The zero-order valence-corrected chi connectivity index (χ0v) is 29.3. The quantitative estimate of drug-likeness (QED) is 0.169. The Morgan fingerprint density at radius 3 is 1.57 bits per heavy atom. The van der Waals surface area contributed by atoms with Crippen molar-refractivity contribution in [1.82, 2.24) is 4.98 Å². The smallest absolute Gasteiger partial charge is 0.227 e. The molecule has 1 heterocycles. The minimum absolute atomic E-state index is 0.621. The molecule has 3 heteroatoms. The van der Waals surface area contributed by atoms with Crippen LogP contribution in [-0.4, -0.2) is 4.98 Å². The summed E-state index contributed by atoms with van der Waals surface area (Å²) in [6, 6.07) is 69.4. The molecular formula is C51H32N2O. The third-order valence-corrected chi connectivity index (χ3v) is 10.8. The molecule has 0 radical (unpaired) electrons. The maximum Gasteiger partial charge on any atom is 0.227 e. The Morgan fingerprint density at radius 1 is 0.352 bits per heavy atom. The third-order valence-electron chi connectivity index (χ3n) is 10.8. The standard InChI is InChI=1S/C51H32N2O/c1-2-9-33(10-3-1)38-15-8-16-42(29-38)51-52-47-28-23-37-18-17-36-19-20-41-32-45(26-27-46(41)48(36)49(37)50(47)54-51)53(43-24-21-34-11-4-6-13-39(34)30-43)44-25-22-35-12-5-7-14-40(35)31-44/h1-32H. The van der Waals surface area contributed by atoms with Crippen LogP contribution in [0.5, 0.6) is 0 Å². The lowest BCUT2D eigenvalue weighted by molar-refractivity contribution is 0.623. The van der Waals surface area contributed by atoms with Gasteiger partial charge in [-0.15, -0.1) is 0 Å². The van der Waals surface area contributed by atoms with Crippen molar-refractivity contribution in [3.8, 4) is 22.6 Å². The number of rotatable bonds is 5. The average molecular weight is 689 g/mol. The van der Waals surface area contributed by atoms with Gasteiger partial charge in [-0.05, 0) is 109 Å². The maximum atomic E-state index is 6.74. The van der Waals surface area contributed by atoms with Gasteiger partial charge in [0.05, 0.1) is 0 Å². The van der Waals surface area contributed by atoms with Crippen LogP contribution in [0.4, 0.5) is 17.1 Å². The maximum absolute atomic E-state index is 6.74. The zero-order chi connectivity index (χ0) is 35.6. The molecule has 11 aromatic rings. The molecule has 3 nitrogen and oxygen atoms in total. The number of fused-ring (bicyclic) bond motifs is 9. The monoisotopic (exact) mass is 688 g/mol. The lowest BCUT2D eigenvalue weighted by Gasteiger charge is -2.26. The molecule has 54 heavy (non-hydrogen) atoms. The first-order valence-corrected chi connectivity index (χ1v) is 18.4. The second kappa shape index (κ2) is 12.2. The van der Waals surface area contributed by atoms with E-state index in [-0.39, 0.29) is 0 Å². The number of hydrogen-bond donors (Lipinski definition) is 0. The normalized spacial score (nSPS) is 11.7. The molecule has 0 aliphatic rings. The van der Waals surface area contributed by atoms with E-state index >= 15 is 0 Å². The van der Waals surface area contributed by atoms with E-state index in [0.717, 1.165) is 61.0 Å². The molecule has 0 aliphatic heterocycles. The van der Waals surface area contributed by atoms with Crippen LogP contribution < -0.4 is 4.90 Å². The van der Waals surface area contributed by atoms with Crippen molar-refractivity contribution in [2.45, 2.75) is 0 Å². The van der Waals surface area contributed by atoms with Crippen molar-refractivity contribution < 1.29 is 4.42 Å². The minimum atomic E-state index is 0.621. The predicted molar refractivity (Wildman–Crippen MR) is 227 cm³/mol. The van der Waals surface area contributed by atoms with E-state index in [2.05, 4.69) is 193 Å². The Labute approximate surface area is 312 Å². The Morgan fingerprint density at radius 2 is 0.870 bits per heavy atom. The second-order valence-corrected chi connectivity index (χ2v) is 14.0. The Bertz CT molecular complexity index is 3150. The van der Waals surface area contributed by atoms with Gasteiger partial charge in [-0.2, -0.15) is 0 Å². The molecule has 0 spiro atoms. The highest BCUT2D eigenvalue weighted by molar-refractivity contribution is 6.26. The van der Waals surface area contributed by atoms with Crippen LogP contribution in [-0.2, 0) is 0 Å². The number of benzene rings is 10. The van der Waals surface area contributed by atoms with Crippen LogP contribution >= 0.6 is 0 Å². The van der Waals surface area contributed by atoms with Crippen molar-refractivity contribution in [3.05, 3.63) is 194 Å². The van der Waals surface area contributed by atoms with Crippen LogP contribution in [0.3, 0.4) is 0 Å². The number of aromatic nitrogens is 1. The van der Waals surface area contributed by atoms with Gasteiger partial charge in [0.2, 0.25) is 5.89 Å². The molecule has 0 saturated carbocycles. The first-order chi connectivity index (χ1) is 26.7. The molecule has 1 aromatic heterocycles. The molecular weight excluding hydrogens is 657 g/mol. The van der Waals surface area contributed by atoms with Crippen LogP contribution in [0.15, 0.2) is 199 Å². The fourth-order valence-corrected chi connectivity index (χ4v) is 8.14. The molecule has 0 unspecified atom stereocenters. The minimum Gasteiger partial charge on any atom is -0.435 e. The predicted octanol–water partition coefficient (Wildman–Crippen LogP) is 14.4. The lowest BCUT2D eigenvalue weighted by Crippen LogP contribution is -2.10. The fourth-order valence-electron chi connectivity index (χ4n) is 8.14.